The normalized spacial score (nSPS) is 24.8. The van der Waals surface area contributed by atoms with Crippen molar-refractivity contribution in [1.29, 1.82) is 0 Å². The van der Waals surface area contributed by atoms with E-state index >= 15 is 0 Å². The highest BCUT2D eigenvalue weighted by Gasteiger charge is 2.38. The van der Waals surface area contributed by atoms with E-state index in [9.17, 15) is 4.79 Å². The van der Waals surface area contributed by atoms with Crippen molar-refractivity contribution >= 4 is 16.8 Å². The molecule has 0 unspecified atom stereocenters. The quantitative estimate of drug-likeness (QED) is 0.871. The number of likely N-dealkylation sites (N-methyl/N-ethyl adjacent to an activating group) is 1. The molecule has 2 fully saturated rings. The number of hydrogen-bond acceptors (Lipinski definition) is 3. The topological polar surface area (TPSA) is 36.4 Å². The van der Waals surface area contributed by atoms with Crippen molar-refractivity contribution in [2.75, 3.05) is 20.1 Å². The standard InChI is InChI=1S/C20H25N3O/c1-22-12-4-9-17(22)18-10-5-13-23(18)19(24)14-16-7-2-6-15-8-3-11-21-20(15)16/h2-3,6-8,11,17-18H,4-5,9-10,12-14H2,1H3/t17-,18+/m0/s1. The van der Waals surface area contributed by atoms with Crippen molar-refractivity contribution < 1.29 is 4.79 Å². The van der Waals surface area contributed by atoms with Crippen LogP contribution in [0.2, 0.25) is 0 Å². The van der Waals surface area contributed by atoms with Crippen LogP contribution in [0.1, 0.15) is 31.2 Å². The molecule has 0 N–H and O–H groups in total. The van der Waals surface area contributed by atoms with Crippen molar-refractivity contribution in [3.05, 3.63) is 42.1 Å². The summed E-state index contributed by atoms with van der Waals surface area (Å²) >= 11 is 0. The van der Waals surface area contributed by atoms with Crippen LogP contribution in [-0.2, 0) is 11.2 Å². The van der Waals surface area contributed by atoms with Crippen LogP contribution >= 0.6 is 0 Å². The molecule has 2 aliphatic rings. The van der Waals surface area contributed by atoms with Crippen LogP contribution < -0.4 is 0 Å². The van der Waals surface area contributed by atoms with Crippen LogP contribution in [0.15, 0.2) is 36.5 Å². The van der Waals surface area contributed by atoms with Gasteiger partial charge < -0.3 is 9.80 Å². The first kappa shape index (κ1) is 15.6. The van der Waals surface area contributed by atoms with Crippen LogP contribution in [0.25, 0.3) is 10.9 Å². The van der Waals surface area contributed by atoms with Crippen LogP contribution in [0, 0.1) is 0 Å². The van der Waals surface area contributed by atoms with Crippen molar-refractivity contribution in [3.63, 3.8) is 0 Å². The second-order valence-electron chi connectivity index (χ2n) is 7.16. The molecular weight excluding hydrogens is 298 g/mol. The fourth-order valence-electron chi connectivity index (χ4n) is 4.50. The largest absolute Gasteiger partial charge is 0.338 e. The fourth-order valence-corrected chi connectivity index (χ4v) is 4.50. The van der Waals surface area contributed by atoms with Crippen LogP contribution in [0.5, 0.6) is 0 Å². The van der Waals surface area contributed by atoms with E-state index < -0.39 is 0 Å². The Morgan fingerprint density at radius 3 is 2.75 bits per heavy atom. The molecule has 24 heavy (non-hydrogen) atoms. The van der Waals surface area contributed by atoms with Crippen LogP contribution in [0.4, 0.5) is 0 Å². The predicted molar refractivity (Wildman–Crippen MR) is 95.8 cm³/mol. The van der Waals surface area contributed by atoms with Gasteiger partial charge in [-0.3, -0.25) is 9.78 Å². The number of benzene rings is 1. The number of hydrogen-bond donors (Lipinski definition) is 0. The molecule has 1 aromatic heterocycles. The molecule has 3 heterocycles. The van der Waals surface area contributed by atoms with E-state index in [1.165, 1.54) is 12.8 Å². The van der Waals surface area contributed by atoms with Gasteiger partial charge in [-0.05, 0) is 50.9 Å². The Bertz CT molecular complexity index is 739. The molecule has 126 valence electrons. The maximum atomic E-state index is 13.0. The lowest BCUT2D eigenvalue weighted by molar-refractivity contribution is -0.132. The lowest BCUT2D eigenvalue weighted by Crippen LogP contribution is -2.47. The Morgan fingerprint density at radius 1 is 1.12 bits per heavy atom. The minimum Gasteiger partial charge on any atom is -0.338 e. The van der Waals surface area contributed by atoms with Crippen LogP contribution in [-0.4, -0.2) is 52.9 Å². The highest BCUT2D eigenvalue weighted by molar-refractivity contribution is 5.87. The lowest BCUT2D eigenvalue weighted by Gasteiger charge is -2.33. The highest BCUT2D eigenvalue weighted by Crippen LogP contribution is 2.29. The van der Waals surface area contributed by atoms with Gasteiger partial charge in [0.1, 0.15) is 0 Å². The maximum Gasteiger partial charge on any atom is 0.227 e. The van der Waals surface area contributed by atoms with E-state index in [0.717, 1.165) is 42.4 Å². The second kappa shape index (κ2) is 6.52. The molecule has 1 aromatic carbocycles. The minimum absolute atomic E-state index is 0.260. The summed E-state index contributed by atoms with van der Waals surface area (Å²) in [6.07, 6.45) is 7.03. The molecule has 1 amide bonds. The first-order chi connectivity index (χ1) is 11.7. The zero-order valence-corrected chi connectivity index (χ0v) is 14.3. The molecule has 4 nitrogen and oxygen atoms in total. The Labute approximate surface area is 143 Å². The number of amides is 1. The Morgan fingerprint density at radius 2 is 1.92 bits per heavy atom. The SMILES string of the molecule is CN1CCC[C@H]1[C@H]1CCCN1C(=O)Cc1cccc2cccnc12. The summed E-state index contributed by atoms with van der Waals surface area (Å²) in [6.45, 7) is 2.07. The van der Waals surface area contributed by atoms with Crippen molar-refractivity contribution in [2.24, 2.45) is 0 Å². The molecule has 2 saturated heterocycles. The number of pyridine rings is 1. The van der Waals surface area contributed by atoms with Crippen molar-refractivity contribution in [1.82, 2.24) is 14.8 Å². The molecule has 2 atom stereocenters. The van der Waals surface area contributed by atoms with E-state index in [0.29, 0.717) is 18.5 Å². The number of likely N-dealkylation sites (tertiary alicyclic amines) is 2. The Hall–Kier alpha value is -1.94. The number of fused-ring (bicyclic) bond motifs is 1. The molecule has 4 heteroatoms. The second-order valence-corrected chi connectivity index (χ2v) is 7.16. The van der Waals surface area contributed by atoms with Gasteiger partial charge in [-0.2, -0.15) is 0 Å². The van der Waals surface area contributed by atoms with Gasteiger partial charge in [0.2, 0.25) is 5.91 Å². The first-order valence-corrected chi connectivity index (χ1v) is 9.06. The molecule has 0 spiro atoms. The van der Waals surface area contributed by atoms with Gasteiger partial charge in [0.25, 0.3) is 0 Å². The summed E-state index contributed by atoms with van der Waals surface area (Å²) in [7, 11) is 2.20. The summed E-state index contributed by atoms with van der Waals surface area (Å²) in [4.78, 5) is 22.1. The molecule has 2 aliphatic heterocycles. The van der Waals surface area contributed by atoms with E-state index in [2.05, 4.69) is 34.0 Å². The summed E-state index contributed by atoms with van der Waals surface area (Å²) in [5, 5.41) is 1.11. The third kappa shape index (κ3) is 2.80. The van der Waals surface area contributed by atoms with Gasteiger partial charge in [0.05, 0.1) is 11.9 Å². The minimum atomic E-state index is 0.260. The monoisotopic (exact) mass is 323 g/mol. The van der Waals surface area contributed by atoms with Crippen molar-refractivity contribution in [3.8, 4) is 0 Å². The third-order valence-corrected chi connectivity index (χ3v) is 5.70. The number of nitrogens with zero attached hydrogens (tertiary/aromatic N) is 3. The molecule has 2 aromatic rings. The Balaban J connectivity index is 1.54. The molecule has 0 aliphatic carbocycles. The van der Waals surface area contributed by atoms with E-state index in [1.54, 1.807) is 0 Å². The molecular formula is C20H25N3O. The van der Waals surface area contributed by atoms with Gasteiger partial charge in [0, 0.05) is 30.2 Å². The summed E-state index contributed by atoms with van der Waals surface area (Å²) in [5.41, 5.74) is 2.01. The van der Waals surface area contributed by atoms with E-state index in [4.69, 9.17) is 0 Å². The molecule has 0 radical (unpaired) electrons. The summed E-state index contributed by atoms with van der Waals surface area (Å²) in [6, 6.07) is 11.1. The van der Waals surface area contributed by atoms with Gasteiger partial charge >= 0.3 is 0 Å². The van der Waals surface area contributed by atoms with Gasteiger partial charge in [-0.15, -0.1) is 0 Å². The van der Waals surface area contributed by atoms with E-state index in [-0.39, 0.29) is 5.91 Å². The number of para-hydroxylation sites is 1. The first-order valence-electron chi connectivity index (χ1n) is 9.06. The number of carbonyl (C=O) groups excluding carboxylic acids is 1. The molecule has 0 bridgehead atoms. The highest BCUT2D eigenvalue weighted by atomic mass is 16.2. The average Bonchev–Trinajstić information content (AvgIpc) is 3.23. The van der Waals surface area contributed by atoms with E-state index in [1.807, 2.05) is 24.4 Å². The smallest absolute Gasteiger partial charge is 0.227 e. The Kier molecular flexibility index (Phi) is 4.23. The number of rotatable bonds is 3. The maximum absolute atomic E-state index is 13.0. The molecule has 0 saturated carbocycles. The van der Waals surface area contributed by atoms with Gasteiger partial charge in [0.15, 0.2) is 0 Å². The van der Waals surface area contributed by atoms with Crippen molar-refractivity contribution in [2.45, 2.75) is 44.2 Å². The summed E-state index contributed by atoms with van der Waals surface area (Å²) in [5.74, 6) is 0.260. The zero-order chi connectivity index (χ0) is 16.5. The van der Waals surface area contributed by atoms with Gasteiger partial charge in [-0.1, -0.05) is 24.3 Å². The fraction of sp³-hybridized carbons (Fsp3) is 0.500. The van der Waals surface area contributed by atoms with Crippen LogP contribution in [0.3, 0.4) is 0 Å². The third-order valence-electron chi connectivity index (χ3n) is 5.70. The zero-order valence-electron chi connectivity index (χ0n) is 14.3. The number of aromatic nitrogens is 1. The predicted octanol–water partition coefficient (Wildman–Crippen LogP) is 2.86. The lowest BCUT2D eigenvalue weighted by atomic mass is 10.0. The number of carbonyl (C=O) groups is 1. The molecule has 4 rings (SSSR count). The average molecular weight is 323 g/mol. The summed E-state index contributed by atoms with van der Waals surface area (Å²) < 4.78 is 0. The van der Waals surface area contributed by atoms with Gasteiger partial charge in [-0.25, -0.2) is 0 Å².